The van der Waals surface area contributed by atoms with Gasteiger partial charge in [0.2, 0.25) is 0 Å². The third kappa shape index (κ3) is 2.43. The van der Waals surface area contributed by atoms with Gasteiger partial charge in [0.15, 0.2) is 5.88 Å². The molecule has 0 atom stereocenters. The standard InChI is InChI=1S/C16H15N3O/c1-10-2-3-11(8-17)6-15(10)12-4-5-14(16(19)20)13(7-12)9-18/h2-7,9,20H,18-19H2,1H3/b13-9-,16-14+. The molecule has 0 unspecified atom stereocenters. The first-order valence-corrected chi connectivity index (χ1v) is 6.08. The minimum Gasteiger partial charge on any atom is -0.495 e. The van der Waals surface area contributed by atoms with E-state index >= 15 is 0 Å². The van der Waals surface area contributed by atoms with Gasteiger partial charge in [0.05, 0.1) is 11.6 Å². The van der Waals surface area contributed by atoms with Gasteiger partial charge in [-0.25, -0.2) is 0 Å². The molecule has 0 aliphatic carbocycles. The van der Waals surface area contributed by atoms with Gasteiger partial charge in [0.25, 0.3) is 0 Å². The van der Waals surface area contributed by atoms with Gasteiger partial charge in [-0.1, -0.05) is 12.1 Å². The van der Waals surface area contributed by atoms with Crippen molar-refractivity contribution in [2.45, 2.75) is 6.92 Å². The summed E-state index contributed by atoms with van der Waals surface area (Å²) in [5.41, 5.74) is 14.5. The number of aliphatic hydroxyl groups excluding tert-OH is 1. The third-order valence-corrected chi connectivity index (χ3v) is 3.18. The molecule has 5 N–H and O–H groups in total. The Morgan fingerprint density at radius 3 is 2.60 bits per heavy atom. The van der Waals surface area contributed by atoms with Crippen LogP contribution in [0.2, 0.25) is 0 Å². The number of nitrogens with two attached hydrogens (primary N) is 2. The summed E-state index contributed by atoms with van der Waals surface area (Å²) in [7, 11) is 0. The van der Waals surface area contributed by atoms with E-state index in [1.54, 1.807) is 12.1 Å². The zero-order chi connectivity index (χ0) is 14.7. The summed E-state index contributed by atoms with van der Waals surface area (Å²) in [6, 6.07) is 13.0. The highest BCUT2D eigenvalue weighted by Gasteiger charge is 2.04. The molecule has 100 valence electrons. The molecule has 0 amide bonds. The van der Waals surface area contributed by atoms with Crippen molar-refractivity contribution in [1.82, 2.24) is 0 Å². The highest BCUT2D eigenvalue weighted by molar-refractivity contribution is 5.69. The van der Waals surface area contributed by atoms with Gasteiger partial charge in [-0.3, -0.25) is 0 Å². The first kappa shape index (κ1) is 13.5. The van der Waals surface area contributed by atoms with E-state index in [0.717, 1.165) is 16.7 Å². The SMILES string of the molecule is Cc1ccc(C#N)cc1-c1ccc(=C(/N)O)/c(=C\N)c1. The van der Waals surface area contributed by atoms with E-state index in [9.17, 15) is 5.11 Å². The number of rotatable bonds is 1. The number of hydrogen-bond donors (Lipinski definition) is 3. The van der Waals surface area contributed by atoms with Crippen molar-refractivity contribution in [1.29, 1.82) is 5.26 Å². The molecular formula is C16H15N3O. The smallest absolute Gasteiger partial charge is 0.189 e. The summed E-state index contributed by atoms with van der Waals surface area (Å²) in [5.74, 6) is -0.268. The second-order valence-electron chi connectivity index (χ2n) is 4.50. The van der Waals surface area contributed by atoms with Crippen molar-refractivity contribution in [3.63, 3.8) is 0 Å². The Hall–Kier alpha value is -2.93. The van der Waals surface area contributed by atoms with E-state index in [2.05, 4.69) is 6.07 Å². The van der Waals surface area contributed by atoms with Crippen molar-refractivity contribution in [2.24, 2.45) is 11.5 Å². The highest BCUT2D eigenvalue weighted by Crippen LogP contribution is 2.22. The summed E-state index contributed by atoms with van der Waals surface area (Å²) >= 11 is 0. The van der Waals surface area contributed by atoms with E-state index in [1.807, 2.05) is 31.2 Å². The molecule has 0 fully saturated rings. The minimum atomic E-state index is -0.268. The lowest BCUT2D eigenvalue weighted by Crippen LogP contribution is -2.30. The van der Waals surface area contributed by atoms with E-state index in [-0.39, 0.29) is 5.88 Å². The lowest BCUT2D eigenvalue weighted by Gasteiger charge is -2.07. The van der Waals surface area contributed by atoms with E-state index in [0.29, 0.717) is 16.0 Å². The Labute approximate surface area is 116 Å². The molecule has 0 aliphatic heterocycles. The molecule has 0 aliphatic rings. The molecule has 0 saturated carbocycles. The van der Waals surface area contributed by atoms with Gasteiger partial charge >= 0.3 is 0 Å². The average molecular weight is 265 g/mol. The maximum atomic E-state index is 9.41. The number of hydrogen-bond acceptors (Lipinski definition) is 4. The van der Waals surface area contributed by atoms with Crippen molar-refractivity contribution >= 4 is 12.1 Å². The molecule has 2 aromatic carbocycles. The van der Waals surface area contributed by atoms with Crippen LogP contribution in [0.25, 0.3) is 23.2 Å². The van der Waals surface area contributed by atoms with Crippen molar-refractivity contribution in [3.05, 3.63) is 58.0 Å². The van der Waals surface area contributed by atoms with E-state index < -0.39 is 0 Å². The molecule has 4 heteroatoms. The highest BCUT2D eigenvalue weighted by atomic mass is 16.3. The molecule has 20 heavy (non-hydrogen) atoms. The maximum Gasteiger partial charge on any atom is 0.189 e. The van der Waals surface area contributed by atoms with Gasteiger partial charge in [0.1, 0.15) is 0 Å². The Bertz CT molecular complexity index is 813. The molecule has 0 saturated heterocycles. The van der Waals surface area contributed by atoms with Crippen LogP contribution in [0.4, 0.5) is 0 Å². The molecule has 0 heterocycles. The summed E-state index contributed by atoms with van der Waals surface area (Å²) in [4.78, 5) is 0. The number of nitrogens with zero attached hydrogens (tertiary/aromatic N) is 1. The van der Waals surface area contributed by atoms with Crippen LogP contribution in [0, 0.1) is 18.3 Å². The second-order valence-corrected chi connectivity index (χ2v) is 4.50. The second kappa shape index (κ2) is 5.37. The van der Waals surface area contributed by atoms with Gasteiger partial charge in [-0.05, 0) is 47.9 Å². The van der Waals surface area contributed by atoms with Crippen molar-refractivity contribution in [3.8, 4) is 17.2 Å². The summed E-state index contributed by atoms with van der Waals surface area (Å²) in [6.45, 7) is 1.97. The summed E-state index contributed by atoms with van der Waals surface area (Å²) in [6.07, 6.45) is 1.39. The molecule has 0 bridgehead atoms. The average Bonchev–Trinajstić information content (AvgIpc) is 2.47. The number of nitriles is 1. The zero-order valence-electron chi connectivity index (χ0n) is 11.1. The molecular weight excluding hydrogens is 250 g/mol. The van der Waals surface area contributed by atoms with Crippen LogP contribution >= 0.6 is 0 Å². The number of benzene rings is 2. The lowest BCUT2D eigenvalue weighted by molar-refractivity contribution is 0.492. The fraction of sp³-hybridized carbons (Fsp3) is 0.0625. The normalized spacial score (nSPS) is 12.9. The third-order valence-electron chi connectivity index (χ3n) is 3.18. The van der Waals surface area contributed by atoms with Gasteiger partial charge in [-0.2, -0.15) is 5.26 Å². The first-order chi connectivity index (χ1) is 9.56. The molecule has 0 spiro atoms. The molecule has 4 nitrogen and oxygen atoms in total. The van der Waals surface area contributed by atoms with Crippen molar-refractivity contribution in [2.75, 3.05) is 0 Å². The van der Waals surface area contributed by atoms with Gasteiger partial charge in [-0.15, -0.1) is 0 Å². The number of aliphatic hydroxyl groups is 1. The maximum absolute atomic E-state index is 9.41. The number of aryl methyl sites for hydroxylation is 1. The van der Waals surface area contributed by atoms with Crippen LogP contribution in [0.5, 0.6) is 0 Å². The van der Waals surface area contributed by atoms with Crippen LogP contribution in [0.3, 0.4) is 0 Å². The van der Waals surface area contributed by atoms with Crippen LogP contribution in [0.1, 0.15) is 11.1 Å². The minimum absolute atomic E-state index is 0.268. The fourth-order valence-electron chi connectivity index (χ4n) is 2.10. The monoisotopic (exact) mass is 265 g/mol. The Morgan fingerprint density at radius 1 is 1.25 bits per heavy atom. The summed E-state index contributed by atoms with van der Waals surface area (Å²) < 4.78 is 0. The Morgan fingerprint density at radius 2 is 2.00 bits per heavy atom. The molecule has 2 rings (SSSR count). The Kier molecular flexibility index (Phi) is 3.62. The van der Waals surface area contributed by atoms with Crippen LogP contribution in [-0.4, -0.2) is 5.11 Å². The summed E-state index contributed by atoms with van der Waals surface area (Å²) in [5, 5.41) is 19.5. The largest absolute Gasteiger partial charge is 0.495 e. The van der Waals surface area contributed by atoms with Crippen LogP contribution in [-0.2, 0) is 0 Å². The molecule has 0 aromatic heterocycles. The van der Waals surface area contributed by atoms with Crippen LogP contribution < -0.4 is 21.9 Å². The quantitative estimate of drug-likeness (QED) is 0.711. The first-order valence-electron chi connectivity index (χ1n) is 6.08. The topological polar surface area (TPSA) is 96.1 Å². The molecule has 0 radical (unpaired) electrons. The Balaban J connectivity index is 2.73. The van der Waals surface area contributed by atoms with Crippen LogP contribution in [0.15, 0.2) is 36.4 Å². The predicted molar refractivity (Wildman–Crippen MR) is 79.5 cm³/mol. The van der Waals surface area contributed by atoms with E-state index in [1.165, 1.54) is 6.20 Å². The zero-order valence-corrected chi connectivity index (χ0v) is 11.1. The van der Waals surface area contributed by atoms with Gasteiger partial charge < -0.3 is 16.6 Å². The van der Waals surface area contributed by atoms with Gasteiger partial charge in [0, 0.05) is 16.6 Å². The van der Waals surface area contributed by atoms with E-state index in [4.69, 9.17) is 16.7 Å². The van der Waals surface area contributed by atoms with Crippen molar-refractivity contribution < 1.29 is 5.11 Å². The molecule has 2 aromatic rings. The fourth-order valence-corrected chi connectivity index (χ4v) is 2.10. The predicted octanol–water partition coefficient (Wildman–Crippen LogP) is 0.813. The lowest BCUT2D eigenvalue weighted by atomic mass is 9.97.